The molecule has 1 aliphatic rings. The summed E-state index contributed by atoms with van der Waals surface area (Å²) in [6.07, 6.45) is 0.472. The number of amides is 1. The topological polar surface area (TPSA) is 64.8 Å². The van der Waals surface area contributed by atoms with E-state index in [1.807, 2.05) is 27.7 Å². The van der Waals surface area contributed by atoms with Crippen LogP contribution in [-0.2, 0) is 9.47 Å². The molecular formula is C12H24N2O3. The van der Waals surface area contributed by atoms with E-state index in [1.165, 1.54) is 0 Å². The van der Waals surface area contributed by atoms with Crippen LogP contribution in [0.3, 0.4) is 0 Å². The Balaban J connectivity index is 2.77. The lowest BCUT2D eigenvalue weighted by atomic mass is 9.99. The molecule has 17 heavy (non-hydrogen) atoms. The molecule has 0 aromatic rings. The van der Waals surface area contributed by atoms with Gasteiger partial charge >= 0.3 is 6.09 Å². The summed E-state index contributed by atoms with van der Waals surface area (Å²) in [4.78, 5) is 13.8. The van der Waals surface area contributed by atoms with Crippen LogP contribution in [0.25, 0.3) is 0 Å². The summed E-state index contributed by atoms with van der Waals surface area (Å²) in [5.41, 5.74) is 4.91. The number of carbonyl (C=O) groups excluding carboxylic acids is 1. The van der Waals surface area contributed by atoms with Gasteiger partial charge in [-0.25, -0.2) is 4.79 Å². The van der Waals surface area contributed by atoms with E-state index in [4.69, 9.17) is 15.2 Å². The van der Waals surface area contributed by atoms with Gasteiger partial charge in [-0.2, -0.15) is 0 Å². The zero-order valence-corrected chi connectivity index (χ0v) is 11.4. The van der Waals surface area contributed by atoms with Crippen molar-refractivity contribution in [1.29, 1.82) is 0 Å². The molecule has 100 valence electrons. The Bertz CT molecular complexity index is 288. The highest BCUT2D eigenvalue weighted by Gasteiger charge is 2.45. The van der Waals surface area contributed by atoms with Crippen LogP contribution in [0.1, 0.15) is 34.1 Å². The predicted molar refractivity (Wildman–Crippen MR) is 65.8 cm³/mol. The Hall–Kier alpha value is -0.810. The lowest BCUT2D eigenvalue weighted by Gasteiger charge is -2.35. The number of methoxy groups -OCH3 is 1. The molecule has 0 aliphatic carbocycles. The van der Waals surface area contributed by atoms with Crippen molar-refractivity contribution in [2.24, 2.45) is 5.73 Å². The van der Waals surface area contributed by atoms with Gasteiger partial charge in [0.1, 0.15) is 5.60 Å². The maximum atomic E-state index is 12.1. The number of carbonyl (C=O) groups is 1. The van der Waals surface area contributed by atoms with E-state index < -0.39 is 5.60 Å². The predicted octanol–water partition coefficient (Wildman–Crippen LogP) is 1.36. The third kappa shape index (κ3) is 3.33. The Morgan fingerprint density at radius 2 is 2.12 bits per heavy atom. The highest BCUT2D eigenvalue weighted by atomic mass is 16.6. The highest BCUT2D eigenvalue weighted by Crippen LogP contribution is 2.31. The SMILES string of the molecule is COC1CN(C(=O)OC(C)(C)C)C(C)(CN)C1. The van der Waals surface area contributed by atoms with E-state index in [0.29, 0.717) is 13.1 Å². The number of nitrogens with zero attached hydrogens (tertiary/aromatic N) is 1. The smallest absolute Gasteiger partial charge is 0.410 e. The molecule has 1 heterocycles. The molecule has 0 bridgehead atoms. The van der Waals surface area contributed by atoms with Crippen LogP contribution in [-0.4, -0.2) is 48.4 Å². The normalized spacial score (nSPS) is 29.5. The average Bonchev–Trinajstić information content (AvgIpc) is 2.54. The molecule has 5 heteroatoms. The van der Waals surface area contributed by atoms with Crippen LogP contribution in [0, 0.1) is 0 Å². The first-order chi connectivity index (χ1) is 7.72. The number of ether oxygens (including phenoxy) is 2. The first-order valence-electron chi connectivity index (χ1n) is 5.95. The van der Waals surface area contributed by atoms with Crippen LogP contribution in [0.15, 0.2) is 0 Å². The van der Waals surface area contributed by atoms with Crippen LogP contribution >= 0.6 is 0 Å². The van der Waals surface area contributed by atoms with Crippen molar-refractivity contribution in [2.45, 2.75) is 51.4 Å². The van der Waals surface area contributed by atoms with Gasteiger partial charge in [0, 0.05) is 13.7 Å². The van der Waals surface area contributed by atoms with Gasteiger partial charge in [-0.15, -0.1) is 0 Å². The van der Waals surface area contributed by atoms with Gasteiger partial charge < -0.3 is 15.2 Å². The summed E-state index contributed by atoms with van der Waals surface area (Å²) in [6.45, 7) is 8.48. The summed E-state index contributed by atoms with van der Waals surface area (Å²) in [6, 6.07) is 0. The molecule has 1 saturated heterocycles. The van der Waals surface area contributed by atoms with Gasteiger partial charge in [0.2, 0.25) is 0 Å². The molecule has 0 aromatic heterocycles. The maximum absolute atomic E-state index is 12.1. The number of hydrogen-bond acceptors (Lipinski definition) is 4. The molecule has 2 unspecified atom stereocenters. The lowest BCUT2D eigenvalue weighted by Crippen LogP contribution is -2.51. The van der Waals surface area contributed by atoms with Crippen LogP contribution < -0.4 is 5.73 Å². The van der Waals surface area contributed by atoms with Gasteiger partial charge in [0.15, 0.2) is 0 Å². The molecule has 1 fully saturated rings. The molecule has 1 aliphatic heterocycles. The quantitative estimate of drug-likeness (QED) is 0.796. The minimum Gasteiger partial charge on any atom is -0.444 e. The monoisotopic (exact) mass is 244 g/mol. The number of nitrogens with two attached hydrogens (primary N) is 1. The standard InChI is InChI=1S/C12H24N2O3/c1-11(2,3)17-10(15)14-7-9(16-5)6-12(14,4)8-13/h9H,6-8,13H2,1-5H3. The third-order valence-electron chi connectivity index (χ3n) is 3.09. The fourth-order valence-electron chi connectivity index (χ4n) is 2.05. The third-order valence-corrected chi connectivity index (χ3v) is 3.09. The minimum atomic E-state index is -0.488. The zero-order chi connectivity index (χ0) is 13.3. The Morgan fingerprint density at radius 3 is 2.53 bits per heavy atom. The van der Waals surface area contributed by atoms with Crippen LogP contribution in [0.5, 0.6) is 0 Å². The molecule has 0 aromatic carbocycles. The first-order valence-corrected chi connectivity index (χ1v) is 5.95. The van der Waals surface area contributed by atoms with Gasteiger partial charge in [-0.3, -0.25) is 4.90 Å². The molecule has 2 atom stereocenters. The second kappa shape index (κ2) is 4.82. The Kier molecular flexibility index (Phi) is 4.04. The van der Waals surface area contributed by atoms with E-state index in [1.54, 1.807) is 12.0 Å². The fraction of sp³-hybridized carbons (Fsp3) is 0.917. The number of hydrogen-bond donors (Lipinski definition) is 1. The van der Waals surface area contributed by atoms with E-state index in [2.05, 4.69) is 0 Å². The molecule has 1 amide bonds. The zero-order valence-electron chi connectivity index (χ0n) is 11.4. The summed E-state index contributed by atoms with van der Waals surface area (Å²) in [5, 5.41) is 0. The highest BCUT2D eigenvalue weighted by molar-refractivity contribution is 5.69. The molecule has 0 spiro atoms. The van der Waals surface area contributed by atoms with Crippen LogP contribution in [0.2, 0.25) is 0 Å². The van der Waals surface area contributed by atoms with Crippen molar-refractivity contribution in [3.8, 4) is 0 Å². The van der Waals surface area contributed by atoms with Gasteiger partial charge in [0.05, 0.1) is 18.2 Å². The van der Waals surface area contributed by atoms with Crippen molar-refractivity contribution in [3.05, 3.63) is 0 Å². The Morgan fingerprint density at radius 1 is 1.53 bits per heavy atom. The van der Waals surface area contributed by atoms with Gasteiger partial charge in [-0.1, -0.05) is 0 Å². The van der Waals surface area contributed by atoms with Gasteiger partial charge in [-0.05, 0) is 34.1 Å². The average molecular weight is 244 g/mol. The molecule has 0 saturated carbocycles. The molecular weight excluding hydrogens is 220 g/mol. The summed E-state index contributed by atoms with van der Waals surface area (Å²) in [7, 11) is 1.65. The van der Waals surface area contributed by atoms with E-state index in [0.717, 1.165) is 6.42 Å². The van der Waals surface area contributed by atoms with Crippen molar-refractivity contribution in [3.63, 3.8) is 0 Å². The van der Waals surface area contributed by atoms with Crippen LogP contribution in [0.4, 0.5) is 4.79 Å². The molecule has 5 nitrogen and oxygen atoms in total. The van der Waals surface area contributed by atoms with E-state index in [-0.39, 0.29) is 17.7 Å². The molecule has 1 rings (SSSR count). The Labute approximate surface area is 103 Å². The van der Waals surface area contributed by atoms with Gasteiger partial charge in [0.25, 0.3) is 0 Å². The van der Waals surface area contributed by atoms with Crippen molar-refractivity contribution >= 4 is 6.09 Å². The van der Waals surface area contributed by atoms with E-state index >= 15 is 0 Å². The maximum Gasteiger partial charge on any atom is 0.410 e. The summed E-state index contributed by atoms with van der Waals surface area (Å²) >= 11 is 0. The molecule has 2 N–H and O–H groups in total. The summed E-state index contributed by atoms with van der Waals surface area (Å²) < 4.78 is 10.7. The van der Waals surface area contributed by atoms with Crippen molar-refractivity contribution in [2.75, 3.05) is 20.2 Å². The first kappa shape index (κ1) is 14.3. The number of rotatable bonds is 2. The summed E-state index contributed by atoms with van der Waals surface area (Å²) in [5.74, 6) is 0. The van der Waals surface area contributed by atoms with E-state index in [9.17, 15) is 4.79 Å². The van der Waals surface area contributed by atoms with Crippen molar-refractivity contribution in [1.82, 2.24) is 4.90 Å². The fourth-order valence-corrected chi connectivity index (χ4v) is 2.05. The largest absolute Gasteiger partial charge is 0.444 e. The second-order valence-electron chi connectivity index (χ2n) is 5.85. The van der Waals surface area contributed by atoms with Crippen molar-refractivity contribution < 1.29 is 14.3 Å². The second-order valence-corrected chi connectivity index (χ2v) is 5.85. The minimum absolute atomic E-state index is 0.0380. The lowest BCUT2D eigenvalue weighted by molar-refractivity contribution is 0.0104. The number of likely N-dealkylation sites (tertiary alicyclic amines) is 1. The molecule has 0 radical (unpaired) electrons.